The molecular formula is C16H21Cl2N3. The fourth-order valence-electron chi connectivity index (χ4n) is 3.26. The fraction of sp³-hybridized carbons (Fsp3) is 0.625. The highest BCUT2D eigenvalue weighted by molar-refractivity contribution is 6.31. The molecule has 0 spiro atoms. The van der Waals surface area contributed by atoms with Gasteiger partial charge < -0.3 is 4.57 Å². The van der Waals surface area contributed by atoms with Crippen molar-refractivity contribution in [1.29, 1.82) is 0 Å². The van der Waals surface area contributed by atoms with Gasteiger partial charge in [-0.3, -0.25) is 0 Å². The van der Waals surface area contributed by atoms with Gasteiger partial charge in [-0.1, -0.05) is 25.4 Å². The molecule has 2 aromatic heterocycles. The molecule has 0 bridgehead atoms. The molecule has 1 aliphatic carbocycles. The summed E-state index contributed by atoms with van der Waals surface area (Å²) in [6.07, 6.45) is 6.44. The minimum absolute atomic E-state index is 0.132. The summed E-state index contributed by atoms with van der Waals surface area (Å²) in [6, 6.07) is 2.31. The van der Waals surface area contributed by atoms with E-state index in [2.05, 4.69) is 28.4 Å². The number of pyridine rings is 1. The predicted molar refractivity (Wildman–Crippen MR) is 88.1 cm³/mol. The lowest BCUT2D eigenvalue weighted by molar-refractivity contribution is 0.193. The van der Waals surface area contributed by atoms with E-state index in [1.807, 2.05) is 13.0 Å². The molecular weight excluding hydrogens is 305 g/mol. The second kappa shape index (κ2) is 5.44. The molecule has 1 fully saturated rings. The van der Waals surface area contributed by atoms with E-state index in [-0.39, 0.29) is 5.38 Å². The van der Waals surface area contributed by atoms with E-state index in [1.165, 1.54) is 12.8 Å². The average molecular weight is 326 g/mol. The van der Waals surface area contributed by atoms with E-state index >= 15 is 0 Å². The quantitative estimate of drug-likeness (QED) is 0.680. The molecule has 3 rings (SSSR count). The van der Waals surface area contributed by atoms with E-state index in [0.717, 1.165) is 29.8 Å². The maximum absolute atomic E-state index is 6.35. The van der Waals surface area contributed by atoms with Crippen LogP contribution in [0.15, 0.2) is 12.3 Å². The number of aromatic nitrogens is 3. The first-order chi connectivity index (χ1) is 9.87. The van der Waals surface area contributed by atoms with Gasteiger partial charge in [0.05, 0.1) is 10.4 Å². The first-order valence-corrected chi connectivity index (χ1v) is 8.36. The molecule has 5 heteroatoms. The Balaban J connectivity index is 2.06. The molecule has 0 radical (unpaired) electrons. The van der Waals surface area contributed by atoms with Crippen molar-refractivity contribution < 1.29 is 0 Å². The normalized spacial score (nSPS) is 20.8. The summed E-state index contributed by atoms with van der Waals surface area (Å²) in [5, 5.41) is 0.485. The highest BCUT2D eigenvalue weighted by atomic mass is 35.5. The molecule has 1 unspecified atom stereocenters. The number of alkyl halides is 1. The number of rotatable bonds is 2. The Bertz CT molecular complexity index is 651. The number of hydrogen-bond donors (Lipinski definition) is 0. The first kappa shape index (κ1) is 15.1. The maximum Gasteiger partial charge on any atom is 0.160 e. The van der Waals surface area contributed by atoms with Crippen LogP contribution in [0.5, 0.6) is 0 Å². The van der Waals surface area contributed by atoms with Crippen LogP contribution >= 0.6 is 23.2 Å². The first-order valence-electron chi connectivity index (χ1n) is 7.55. The zero-order valence-electron chi connectivity index (χ0n) is 12.7. The standard InChI is InChI=1S/C16H21Cl2N3/c1-10(17)14-20-13-8-11(18)9-19-15(13)21(14)12-4-6-16(2,3)7-5-12/h8-10,12H,4-7H2,1-3H3. The molecule has 1 aliphatic rings. The zero-order valence-corrected chi connectivity index (χ0v) is 14.2. The summed E-state index contributed by atoms with van der Waals surface area (Å²) in [6.45, 7) is 6.66. The average Bonchev–Trinajstić information content (AvgIpc) is 2.77. The minimum atomic E-state index is -0.132. The fourth-order valence-corrected chi connectivity index (χ4v) is 3.56. The van der Waals surface area contributed by atoms with Gasteiger partial charge in [-0.25, -0.2) is 9.97 Å². The van der Waals surface area contributed by atoms with E-state index in [1.54, 1.807) is 6.20 Å². The predicted octanol–water partition coefficient (Wildman–Crippen LogP) is 5.53. The van der Waals surface area contributed by atoms with Gasteiger partial charge in [0.15, 0.2) is 5.65 Å². The Morgan fingerprint density at radius 3 is 2.62 bits per heavy atom. The second-order valence-electron chi connectivity index (χ2n) is 6.85. The van der Waals surface area contributed by atoms with Crippen LogP contribution in [0.4, 0.5) is 0 Å². The van der Waals surface area contributed by atoms with Gasteiger partial charge >= 0.3 is 0 Å². The highest BCUT2D eigenvalue weighted by Gasteiger charge is 2.30. The summed E-state index contributed by atoms with van der Waals surface area (Å²) in [5.41, 5.74) is 2.19. The van der Waals surface area contributed by atoms with Crippen molar-refractivity contribution in [3.63, 3.8) is 0 Å². The lowest BCUT2D eigenvalue weighted by Gasteiger charge is -2.35. The van der Waals surface area contributed by atoms with Crippen molar-refractivity contribution in [3.8, 4) is 0 Å². The Morgan fingerprint density at radius 2 is 2.00 bits per heavy atom. The molecule has 2 aromatic rings. The van der Waals surface area contributed by atoms with E-state index in [9.17, 15) is 0 Å². The molecule has 1 atom stereocenters. The summed E-state index contributed by atoms with van der Waals surface area (Å²) >= 11 is 12.4. The third kappa shape index (κ3) is 2.91. The van der Waals surface area contributed by atoms with Crippen molar-refractivity contribution in [2.24, 2.45) is 5.41 Å². The second-order valence-corrected chi connectivity index (χ2v) is 7.94. The molecule has 0 saturated heterocycles. The number of halogens is 2. The molecule has 0 amide bonds. The van der Waals surface area contributed by atoms with Gasteiger partial charge in [0.1, 0.15) is 11.3 Å². The SMILES string of the molecule is CC(Cl)c1nc2cc(Cl)cnc2n1C1CCC(C)(C)CC1. The van der Waals surface area contributed by atoms with Crippen LogP contribution in [0.1, 0.15) is 63.7 Å². The zero-order chi connectivity index (χ0) is 15.2. The van der Waals surface area contributed by atoms with Gasteiger partial charge in [-0.15, -0.1) is 11.6 Å². The van der Waals surface area contributed by atoms with Crippen molar-refractivity contribution in [2.45, 2.75) is 57.9 Å². The van der Waals surface area contributed by atoms with Gasteiger partial charge in [0.2, 0.25) is 0 Å². The molecule has 0 N–H and O–H groups in total. The van der Waals surface area contributed by atoms with Gasteiger partial charge in [0.25, 0.3) is 0 Å². The van der Waals surface area contributed by atoms with Crippen LogP contribution in [0, 0.1) is 5.41 Å². The van der Waals surface area contributed by atoms with Crippen LogP contribution in [0.25, 0.3) is 11.2 Å². The summed E-state index contributed by atoms with van der Waals surface area (Å²) in [5.74, 6) is 0.908. The summed E-state index contributed by atoms with van der Waals surface area (Å²) in [4.78, 5) is 9.17. The molecule has 21 heavy (non-hydrogen) atoms. The largest absolute Gasteiger partial charge is 0.308 e. The van der Waals surface area contributed by atoms with Crippen LogP contribution in [0.3, 0.4) is 0 Å². The Kier molecular flexibility index (Phi) is 3.91. The number of hydrogen-bond acceptors (Lipinski definition) is 2. The highest BCUT2D eigenvalue weighted by Crippen LogP contribution is 2.42. The molecule has 114 valence electrons. The lowest BCUT2D eigenvalue weighted by atomic mass is 9.75. The number of imidazole rings is 1. The number of nitrogens with zero attached hydrogens (tertiary/aromatic N) is 3. The Labute approximate surface area is 135 Å². The van der Waals surface area contributed by atoms with Crippen LogP contribution in [-0.2, 0) is 0 Å². The molecule has 0 aliphatic heterocycles. The van der Waals surface area contributed by atoms with Gasteiger partial charge in [-0.2, -0.15) is 0 Å². The molecule has 2 heterocycles. The summed E-state index contributed by atoms with van der Waals surface area (Å²) in [7, 11) is 0. The Hall–Kier alpha value is -0.800. The third-order valence-corrected chi connectivity index (χ3v) is 4.96. The van der Waals surface area contributed by atoms with Gasteiger partial charge in [-0.05, 0) is 44.1 Å². The van der Waals surface area contributed by atoms with E-state index in [0.29, 0.717) is 16.5 Å². The van der Waals surface area contributed by atoms with E-state index < -0.39 is 0 Å². The van der Waals surface area contributed by atoms with Crippen LogP contribution < -0.4 is 0 Å². The summed E-state index contributed by atoms with van der Waals surface area (Å²) < 4.78 is 2.25. The molecule has 0 aromatic carbocycles. The molecule has 1 saturated carbocycles. The maximum atomic E-state index is 6.35. The van der Waals surface area contributed by atoms with Crippen LogP contribution in [-0.4, -0.2) is 14.5 Å². The smallest absolute Gasteiger partial charge is 0.160 e. The van der Waals surface area contributed by atoms with E-state index in [4.69, 9.17) is 23.2 Å². The van der Waals surface area contributed by atoms with Crippen molar-refractivity contribution in [1.82, 2.24) is 14.5 Å². The minimum Gasteiger partial charge on any atom is -0.308 e. The van der Waals surface area contributed by atoms with Gasteiger partial charge in [0, 0.05) is 12.2 Å². The van der Waals surface area contributed by atoms with Crippen LogP contribution in [0.2, 0.25) is 5.02 Å². The number of fused-ring (bicyclic) bond motifs is 1. The third-order valence-electron chi connectivity index (χ3n) is 4.55. The lowest BCUT2D eigenvalue weighted by Crippen LogP contribution is -2.24. The van der Waals surface area contributed by atoms with Crippen molar-refractivity contribution >= 4 is 34.4 Å². The molecule has 3 nitrogen and oxygen atoms in total. The topological polar surface area (TPSA) is 30.7 Å². The van der Waals surface area contributed by atoms with Crippen molar-refractivity contribution in [2.75, 3.05) is 0 Å². The van der Waals surface area contributed by atoms with Crippen molar-refractivity contribution in [3.05, 3.63) is 23.1 Å². The Morgan fingerprint density at radius 1 is 1.33 bits per heavy atom. The monoisotopic (exact) mass is 325 g/mol.